The van der Waals surface area contributed by atoms with Crippen LogP contribution >= 0.6 is 0 Å². The van der Waals surface area contributed by atoms with E-state index in [4.69, 9.17) is 0 Å². The van der Waals surface area contributed by atoms with Crippen molar-refractivity contribution in [2.75, 3.05) is 0 Å². The Bertz CT molecular complexity index is 338. The third kappa shape index (κ3) is 1.48. The molecule has 2 N–H and O–H groups in total. The number of aliphatic hydroxyl groups is 1. The standard InChI is InChI=1S/C13H17NO/c15-13-11-8-4-7-10(11)12(14-13)9-5-2-1-3-6-9/h1-3,5-6,10-15H,4,7-8H2. The Kier molecular flexibility index (Phi) is 2.26. The van der Waals surface area contributed by atoms with Crippen molar-refractivity contribution >= 4 is 0 Å². The van der Waals surface area contributed by atoms with Gasteiger partial charge in [-0.05, 0) is 24.3 Å². The third-order valence-electron chi connectivity index (χ3n) is 3.97. The van der Waals surface area contributed by atoms with Gasteiger partial charge in [0.15, 0.2) is 0 Å². The maximum Gasteiger partial charge on any atom is 0.108 e. The summed E-state index contributed by atoms with van der Waals surface area (Å²) in [5.74, 6) is 1.12. The van der Waals surface area contributed by atoms with Crippen molar-refractivity contribution in [1.82, 2.24) is 5.32 Å². The molecule has 4 unspecified atom stereocenters. The lowest BCUT2D eigenvalue weighted by Crippen LogP contribution is -2.27. The zero-order valence-electron chi connectivity index (χ0n) is 8.76. The van der Waals surface area contributed by atoms with E-state index in [1.165, 1.54) is 24.8 Å². The van der Waals surface area contributed by atoms with Gasteiger partial charge in [-0.15, -0.1) is 0 Å². The number of rotatable bonds is 1. The zero-order valence-corrected chi connectivity index (χ0v) is 8.76. The molecule has 15 heavy (non-hydrogen) atoms. The fourth-order valence-corrected chi connectivity index (χ4v) is 3.26. The zero-order chi connectivity index (χ0) is 10.3. The molecular weight excluding hydrogens is 186 g/mol. The Hall–Kier alpha value is -0.860. The monoisotopic (exact) mass is 203 g/mol. The molecule has 1 saturated carbocycles. The number of aliphatic hydroxyl groups excluding tert-OH is 1. The van der Waals surface area contributed by atoms with E-state index in [1.807, 2.05) is 6.07 Å². The minimum atomic E-state index is -0.289. The highest BCUT2D eigenvalue weighted by Crippen LogP contribution is 2.46. The number of hydrogen-bond donors (Lipinski definition) is 2. The second-order valence-electron chi connectivity index (χ2n) is 4.76. The first-order valence-electron chi connectivity index (χ1n) is 5.85. The summed E-state index contributed by atoms with van der Waals surface area (Å²) in [4.78, 5) is 0. The highest BCUT2D eigenvalue weighted by Gasteiger charge is 2.44. The number of hydrogen-bond acceptors (Lipinski definition) is 2. The van der Waals surface area contributed by atoms with Crippen LogP contribution in [0.15, 0.2) is 30.3 Å². The van der Waals surface area contributed by atoms with Crippen LogP contribution in [0.4, 0.5) is 0 Å². The van der Waals surface area contributed by atoms with Crippen LogP contribution in [0.3, 0.4) is 0 Å². The van der Waals surface area contributed by atoms with E-state index in [9.17, 15) is 5.11 Å². The lowest BCUT2D eigenvalue weighted by molar-refractivity contribution is 0.106. The first kappa shape index (κ1) is 9.37. The molecule has 3 rings (SSSR count). The van der Waals surface area contributed by atoms with Crippen molar-refractivity contribution in [3.63, 3.8) is 0 Å². The molecule has 4 atom stereocenters. The highest BCUT2D eigenvalue weighted by atomic mass is 16.3. The first-order chi connectivity index (χ1) is 7.36. The van der Waals surface area contributed by atoms with Crippen molar-refractivity contribution in [2.45, 2.75) is 31.5 Å². The van der Waals surface area contributed by atoms with E-state index < -0.39 is 0 Å². The van der Waals surface area contributed by atoms with E-state index in [1.54, 1.807) is 0 Å². The normalized spacial score (nSPS) is 39.3. The largest absolute Gasteiger partial charge is 0.378 e. The Balaban J connectivity index is 1.88. The molecule has 80 valence electrons. The van der Waals surface area contributed by atoms with Crippen molar-refractivity contribution in [1.29, 1.82) is 0 Å². The Morgan fingerprint density at radius 1 is 1.07 bits per heavy atom. The summed E-state index contributed by atoms with van der Waals surface area (Å²) < 4.78 is 0. The SMILES string of the molecule is OC1NC(c2ccccc2)C2CCCC12. The molecule has 2 fully saturated rings. The molecule has 0 spiro atoms. The van der Waals surface area contributed by atoms with Crippen molar-refractivity contribution in [3.05, 3.63) is 35.9 Å². The van der Waals surface area contributed by atoms with Crippen LogP contribution in [0, 0.1) is 11.8 Å². The maximum atomic E-state index is 9.92. The van der Waals surface area contributed by atoms with Crippen LogP contribution in [0.2, 0.25) is 0 Å². The lowest BCUT2D eigenvalue weighted by atomic mass is 9.89. The molecule has 1 heterocycles. The quantitative estimate of drug-likeness (QED) is 0.732. The van der Waals surface area contributed by atoms with Gasteiger partial charge in [0.1, 0.15) is 6.23 Å². The number of fused-ring (bicyclic) bond motifs is 1. The van der Waals surface area contributed by atoms with E-state index in [0.29, 0.717) is 17.9 Å². The molecule has 0 bridgehead atoms. The summed E-state index contributed by atoms with van der Waals surface area (Å²) in [7, 11) is 0. The fraction of sp³-hybridized carbons (Fsp3) is 0.538. The highest BCUT2D eigenvalue weighted by molar-refractivity contribution is 5.22. The summed E-state index contributed by atoms with van der Waals surface area (Å²) in [6, 6.07) is 10.9. The van der Waals surface area contributed by atoms with Crippen molar-refractivity contribution in [3.8, 4) is 0 Å². The van der Waals surface area contributed by atoms with Gasteiger partial charge in [0.05, 0.1) is 0 Å². The topological polar surface area (TPSA) is 32.3 Å². The molecule has 0 aromatic heterocycles. The molecule has 1 aromatic carbocycles. The predicted octanol–water partition coefficient (Wildman–Crippen LogP) is 2.07. The molecule has 1 aromatic rings. The minimum absolute atomic E-state index is 0.289. The molecule has 1 saturated heterocycles. The second-order valence-corrected chi connectivity index (χ2v) is 4.76. The van der Waals surface area contributed by atoms with Gasteiger partial charge in [0, 0.05) is 12.0 Å². The van der Waals surface area contributed by atoms with Gasteiger partial charge >= 0.3 is 0 Å². The number of nitrogens with one attached hydrogen (secondary N) is 1. The minimum Gasteiger partial charge on any atom is -0.378 e. The van der Waals surface area contributed by atoms with E-state index in [2.05, 4.69) is 29.6 Å². The second kappa shape index (κ2) is 3.62. The summed E-state index contributed by atoms with van der Waals surface area (Å²) in [6.07, 6.45) is 3.43. The summed E-state index contributed by atoms with van der Waals surface area (Å²) in [5, 5.41) is 13.2. The van der Waals surface area contributed by atoms with Gasteiger partial charge in [0.2, 0.25) is 0 Å². The molecule has 0 radical (unpaired) electrons. The van der Waals surface area contributed by atoms with Gasteiger partial charge < -0.3 is 5.11 Å². The summed E-state index contributed by atoms with van der Waals surface area (Å²) >= 11 is 0. The molecule has 1 aliphatic heterocycles. The average Bonchev–Trinajstić information content (AvgIpc) is 2.84. The van der Waals surface area contributed by atoms with Crippen LogP contribution in [0.5, 0.6) is 0 Å². The maximum absolute atomic E-state index is 9.92. The summed E-state index contributed by atoms with van der Waals surface area (Å²) in [5.41, 5.74) is 1.32. The van der Waals surface area contributed by atoms with Crippen LogP contribution < -0.4 is 5.32 Å². The average molecular weight is 203 g/mol. The van der Waals surface area contributed by atoms with Gasteiger partial charge in [-0.1, -0.05) is 36.8 Å². The molecule has 0 amide bonds. The Labute approximate surface area is 90.3 Å². The summed E-state index contributed by atoms with van der Waals surface area (Å²) in [6.45, 7) is 0. The lowest BCUT2D eigenvalue weighted by Gasteiger charge is -2.17. The molecule has 1 aliphatic carbocycles. The van der Waals surface area contributed by atoms with Gasteiger partial charge in [-0.2, -0.15) is 0 Å². The van der Waals surface area contributed by atoms with Crippen LogP contribution in [0.25, 0.3) is 0 Å². The van der Waals surface area contributed by atoms with Crippen molar-refractivity contribution < 1.29 is 5.11 Å². The fourth-order valence-electron chi connectivity index (χ4n) is 3.26. The van der Waals surface area contributed by atoms with Gasteiger partial charge in [-0.25, -0.2) is 0 Å². The molecule has 2 heteroatoms. The van der Waals surface area contributed by atoms with Crippen LogP contribution in [0.1, 0.15) is 30.9 Å². The van der Waals surface area contributed by atoms with E-state index in [0.717, 1.165) is 0 Å². The Morgan fingerprint density at radius 3 is 2.60 bits per heavy atom. The first-order valence-corrected chi connectivity index (χ1v) is 5.85. The number of benzene rings is 1. The van der Waals surface area contributed by atoms with Gasteiger partial charge in [0.25, 0.3) is 0 Å². The molecular formula is C13H17NO. The van der Waals surface area contributed by atoms with E-state index >= 15 is 0 Å². The third-order valence-corrected chi connectivity index (χ3v) is 3.97. The molecule has 2 nitrogen and oxygen atoms in total. The van der Waals surface area contributed by atoms with Gasteiger partial charge in [-0.3, -0.25) is 5.32 Å². The van der Waals surface area contributed by atoms with Crippen LogP contribution in [-0.4, -0.2) is 11.3 Å². The smallest absolute Gasteiger partial charge is 0.108 e. The van der Waals surface area contributed by atoms with Crippen LogP contribution in [-0.2, 0) is 0 Å². The van der Waals surface area contributed by atoms with E-state index in [-0.39, 0.29) is 6.23 Å². The van der Waals surface area contributed by atoms with Crippen molar-refractivity contribution in [2.24, 2.45) is 11.8 Å². The Morgan fingerprint density at radius 2 is 1.80 bits per heavy atom. The predicted molar refractivity (Wildman–Crippen MR) is 59.2 cm³/mol. The molecule has 2 aliphatic rings.